The molecule has 2 aromatic carbocycles. The summed E-state index contributed by atoms with van der Waals surface area (Å²) in [6.45, 7) is 0. The third-order valence-electron chi connectivity index (χ3n) is 2.62. The Balaban J connectivity index is 2.63. The number of rotatable bonds is 3. The van der Waals surface area contributed by atoms with Gasteiger partial charge in [-0.25, -0.2) is 0 Å². The van der Waals surface area contributed by atoms with Crippen molar-refractivity contribution in [3.05, 3.63) is 42.0 Å². The van der Waals surface area contributed by atoms with Gasteiger partial charge in [-0.2, -0.15) is 0 Å². The van der Waals surface area contributed by atoms with E-state index in [0.717, 1.165) is 28.4 Å². The number of carbonyl (C=O) groups is 1. The zero-order valence-electron chi connectivity index (χ0n) is 9.01. The molecule has 3 nitrogen and oxygen atoms in total. The van der Waals surface area contributed by atoms with Gasteiger partial charge in [0.25, 0.3) is 0 Å². The molecule has 1 unspecified atom stereocenters. The van der Waals surface area contributed by atoms with Gasteiger partial charge < -0.3 is 15.3 Å². The first-order valence-electron chi connectivity index (χ1n) is 5.04. The smallest absolute Gasteiger partial charge is 0.141 e. The van der Waals surface area contributed by atoms with Gasteiger partial charge in [0.2, 0.25) is 0 Å². The fraction of sp³-hybridized carbons (Fsp3) is 0.154. The van der Waals surface area contributed by atoms with Gasteiger partial charge in [-0.05, 0) is 23.1 Å². The van der Waals surface area contributed by atoms with Crippen LogP contribution in [0, 0.1) is 0 Å². The maximum atomic E-state index is 10.6. The Bertz CT molecular complexity index is 522. The van der Waals surface area contributed by atoms with E-state index in [4.69, 9.17) is 10.5 Å². The summed E-state index contributed by atoms with van der Waals surface area (Å²) in [5.74, 6) is 0.789. The molecule has 0 amide bonds. The number of ether oxygens (including phenoxy) is 1. The lowest BCUT2D eigenvalue weighted by Crippen LogP contribution is -2.10. The van der Waals surface area contributed by atoms with E-state index in [9.17, 15) is 4.79 Å². The highest BCUT2D eigenvalue weighted by molar-refractivity contribution is 5.89. The summed E-state index contributed by atoms with van der Waals surface area (Å²) in [6.07, 6.45) is 0.733. The highest BCUT2D eigenvalue weighted by atomic mass is 16.5. The Morgan fingerprint density at radius 1 is 1.31 bits per heavy atom. The minimum atomic E-state index is -0.575. The van der Waals surface area contributed by atoms with Crippen LogP contribution in [0.2, 0.25) is 0 Å². The average Bonchev–Trinajstić information content (AvgIpc) is 2.36. The monoisotopic (exact) mass is 215 g/mol. The number of hydrogen-bond acceptors (Lipinski definition) is 3. The highest BCUT2D eigenvalue weighted by Crippen LogP contribution is 2.27. The molecule has 2 N–H and O–H groups in total. The Labute approximate surface area is 93.8 Å². The van der Waals surface area contributed by atoms with Crippen LogP contribution in [0.25, 0.3) is 10.8 Å². The van der Waals surface area contributed by atoms with Gasteiger partial charge in [0.05, 0.1) is 13.2 Å². The first-order chi connectivity index (χ1) is 7.76. The normalized spacial score (nSPS) is 12.4. The fourth-order valence-corrected chi connectivity index (χ4v) is 1.73. The number of hydrogen-bond donors (Lipinski definition) is 1. The molecule has 0 aliphatic heterocycles. The van der Waals surface area contributed by atoms with Crippen molar-refractivity contribution in [2.45, 2.75) is 6.04 Å². The molecule has 1 atom stereocenters. The van der Waals surface area contributed by atoms with Crippen molar-refractivity contribution < 1.29 is 9.53 Å². The lowest BCUT2D eigenvalue weighted by atomic mass is 10.0. The quantitative estimate of drug-likeness (QED) is 0.797. The molecule has 0 heterocycles. The van der Waals surface area contributed by atoms with Crippen LogP contribution in [-0.4, -0.2) is 13.4 Å². The van der Waals surface area contributed by atoms with E-state index in [1.807, 2.05) is 36.4 Å². The topological polar surface area (TPSA) is 52.3 Å². The van der Waals surface area contributed by atoms with Gasteiger partial charge >= 0.3 is 0 Å². The Hall–Kier alpha value is -1.87. The molecule has 2 rings (SSSR count). The van der Waals surface area contributed by atoms with E-state index in [1.54, 1.807) is 7.11 Å². The minimum absolute atomic E-state index is 0.575. The van der Waals surface area contributed by atoms with Crippen LogP contribution in [-0.2, 0) is 4.79 Å². The predicted octanol–water partition coefficient (Wildman–Crippen LogP) is 2.05. The van der Waals surface area contributed by atoms with Crippen molar-refractivity contribution in [3.8, 4) is 5.75 Å². The molecule has 0 saturated carbocycles. The molecule has 0 aliphatic carbocycles. The number of carbonyl (C=O) groups excluding carboxylic acids is 1. The maximum Gasteiger partial charge on any atom is 0.141 e. The summed E-state index contributed by atoms with van der Waals surface area (Å²) in [6, 6.07) is 10.9. The summed E-state index contributed by atoms with van der Waals surface area (Å²) < 4.78 is 5.27. The lowest BCUT2D eigenvalue weighted by molar-refractivity contribution is -0.109. The number of benzene rings is 2. The van der Waals surface area contributed by atoms with Crippen LogP contribution < -0.4 is 10.5 Å². The van der Waals surface area contributed by atoms with Crippen LogP contribution in [0.5, 0.6) is 5.75 Å². The van der Waals surface area contributed by atoms with Crippen molar-refractivity contribution in [2.75, 3.05) is 7.11 Å². The standard InChI is InChI=1S/C13H13NO2/c1-16-13-4-2-3-9-5-6-10(7-11(9)13)12(14)8-15/h2-8,12H,14H2,1H3. The predicted molar refractivity (Wildman–Crippen MR) is 63.5 cm³/mol. The lowest BCUT2D eigenvalue weighted by Gasteiger charge is -2.09. The molecule has 0 saturated heterocycles. The second-order valence-corrected chi connectivity index (χ2v) is 3.60. The van der Waals surface area contributed by atoms with E-state index >= 15 is 0 Å². The molecule has 3 heteroatoms. The molecule has 2 aromatic rings. The van der Waals surface area contributed by atoms with Crippen molar-refractivity contribution in [1.82, 2.24) is 0 Å². The van der Waals surface area contributed by atoms with Gasteiger partial charge in [0.1, 0.15) is 12.0 Å². The van der Waals surface area contributed by atoms with Gasteiger partial charge in [0, 0.05) is 5.39 Å². The number of nitrogens with two attached hydrogens (primary N) is 1. The van der Waals surface area contributed by atoms with Crippen LogP contribution in [0.4, 0.5) is 0 Å². The third-order valence-corrected chi connectivity index (χ3v) is 2.62. The molecular formula is C13H13NO2. The van der Waals surface area contributed by atoms with E-state index in [1.165, 1.54) is 0 Å². The number of aldehydes is 1. The van der Waals surface area contributed by atoms with Crippen LogP contribution in [0.15, 0.2) is 36.4 Å². The van der Waals surface area contributed by atoms with Crippen LogP contribution in [0.1, 0.15) is 11.6 Å². The highest BCUT2D eigenvalue weighted by Gasteiger charge is 2.07. The van der Waals surface area contributed by atoms with Gasteiger partial charge in [-0.15, -0.1) is 0 Å². The van der Waals surface area contributed by atoms with Crippen LogP contribution >= 0.6 is 0 Å². The van der Waals surface area contributed by atoms with Crippen molar-refractivity contribution >= 4 is 17.1 Å². The van der Waals surface area contributed by atoms with E-state index in [0.29, 0.717) is 0 Å². The summed E-state index contributed by atoms with van der Waals surface area (Å²) in [5.41, 5.74) is 6.47. The molecule has 0 radical (unpaired) electrons. The first-order valence-corrected chi connectivity index (χ1v) is 5.04. The number of methoxy groups -OCH3 is 1. The van der Waals surface area contributed by atoms with Gasteiger partial charge in [-0.1, -0.05) is 24.3 Å². The second-order valence-electron chi connectivity index (χ2n) is 3.60. The molecule has 0 bridgehead atoms. The molecule has 0 aliphatic rings. The van der Waals surface area contributed by atoms with E-state index in [2.05, 4.69) is 0 Å². The SMILES string of the molecule is COc1cccc2ccc(C(N)C=O)cc12. The summed E-state index contributed by atoms with van der Waals surface area (Å²) in [4.78, 5) is 10.6. The van der Waals surface area contributed by atoms with Crippen molar-refractivity contribution in [2.24, 2.45) is 5.73 Å². The molecule has 0 spiro atoms. The minimum Gasteiger partial charge on any atom is -0.496 e. The molecule has 0 fully saturated rings. The zero-order valence-corrected chi connectivity index (χ0v) is 9.01. The molecule has 16 heavy (non-hydrogen) atoms. The summed E-state index contributed by atoms with van der Waals surface area (Å²) >= 11 is 0. The summed E-state index contributed by atoms with van der Waals surface area (Å²) in [5, 5.41) is 2.04. The molecule has 82 valence electrons. The molecular weight excluding hydrogens is 202 g/mol. The molecule has 0 aromatic heterocycles. The maximum absolute atomic E-state index is 10.6. The van der Waals surface area contributed by atoms with Gasteiger partial charge in [-0.3, -0.25) is 0 Å². The average molecular weight is 215 g/mol. The third kappa shape index (κ3) is 1.77. The van der Waals surface area contributed by atoms with Crippen molar-refractivity contribution in [1.29, 1.82) is 0 Å². The largest absolute Gasteiger partial charge is 0.496 e. The zero-order chi connectivity index (χ0) is 11.5. The summed E-state index contributed by atoms with van der Waals surface area (Å²) in [7, 11) is 1.63. The van der Waals surface area contributed by atoms with Crippen molar-refractivity contribution in [3.63, 3.8) is 0 Å². The van der Waals surface area contributed by atoms with Gasteiger partial charge in [0.15, 0.2) is 0 Å². The number of fused-ring (bicyclic) bond motifs is 1. The Kier molecular flexibility index (Phi) is 2.88. The fourth-order valence-electron chi connectivity index (χ4n) is 1.73. The van der Waals surface area contributed by atoms with E-state index in [-0.39, 0.29) is 0 Å². The first kappa shape index (κ1) is 10.6. The van der Waals surface area contributed by atoms with E-state index < -0.39 is 6.04 Å². The second kappa shape index (κ2) is 4.33. The Morgan fingerprint density at radius 2 is 2.12 bits per heavy atom. The Morgan fingerprint density at radius 3 is 2.81 bits per heavy atom. The van der Waals surface area contributed by atoms with Crippen LogP contribution in [0.3, 0.4) is 0 Å².